The van der Waals surface area contributed by atoms with E-state index in [9.17, 15) is 8.78 Å². The van der Waals surface area contributed by atoms with Crippen molar-refractivity contribution in [2.24, 2.45) is 0 Å². The van der Waals surface area contributed by atoms with Gasteiger partial charge in [-0.3, -0.25) is 0 Å². The zero-order chi connectivity index (χ0) is 13.6. The third-order valence-electron chi connectivity index (χ3n) is 2.39. The molecule has 0 unspecified atom stereocenters. The van der Waals surface area contributed by atoms with Crippen molar-refractivity contribution >= 4 is 11.6 Å². The molecule has 3 nitrogen and oxygen atoms in total. The number of methoxy groups -OCH3 is 2. The monoisotopic (exact) mass is 279 g/mol. The molecule has 0 saturated heterocycles. The summed E-state index contributed by atoms with van der Waals surface area (Å²) in [5, 5.41) is 2.87. The van der Waals surface area contributed by atoms with Gasteiger partial charge in [0.2, 0.25) is 0 Å². The zero-order valence-electron chi connectivity index (χ0n) is 10.3. The minimum absolute atomic E-state index is 0.123. The molecular weight excluding hydrogens is 264 g/mol. The molecule has 0 saturated carbocycles. The highest BCUT2D eigenvalue weighted by Gasteiger charge is 2.34. The van der Waals surface area contributed by atoms with Gasteiger partial charge in [-0.2, -0.15) is 8.78 Å². The van der Waals surface area contributed by atoms with Crippen LogP contribution in [0.15, 0.2) is 18.2 Å². The molecule has 1 aromatic rings. The van der Waals surface area contributed by atoms with Crippen molar-refractivity contribution in [2.75, 3.05) is 33.9 Å². The standard InChI is InChI=1S/C12H16ClF2NO2/c1-17-6-5-16-8-12(14,15)10-7-9(13)3-4-11(10)18-2/h3-4,7,16H,5-6,8H2,1-2H3. The van der Waals surface area contributed by atoms with Gasteiger partial charge in [-0.1, -0.05) is 11.6 Å². The van der Waals surface area contributed by atoms with Gasteiger partial charge in [0.15, 0.2) is 0 Å². The Morgan fingerprint density at radius 2 is 2.06 bits per heavy atom. The van der Waals surface area contributed by atoms with Crippen LogP contribution in [0.4, 0.5) is 8.78 Å². The highest BCUT2D eigenvalue weighted by molar-refractivity contribution is 6.30. The minimum Gasteiger partial charge on any atom is -0.496 e. The van der Waals surface area contributed by atoms with E-state index in [-0.39, 0.29) is 16.3 Å². The molecule has 0 aliphatic carbocycles. The Morgan fingerprint density at radius 3 is 2.67 bits per heavy atom. The van der Waals surface area contributed by atoms with Crippen molar-refractivity contribution in [2.45, 2.75) is 5.92 Å². The Morgan fingerprint density at radius 1 is 1.33 bits per heavy atom. The molecule has 0 aliphatic rings. The number of hydrogen-bond donors (Lipinski definition) is 1. The molecule has 0 aliphatic heterocycles. The summed E-state index contributed by atoms with van der Waals surface area (Å²) in [6, 6.07) is 4.16. The summed E-state index contributed by atoms with van der Waals surface area (Å²) in [6.07, 6.45) is 0. The van der Waals surface area contributed by atoms with E-state index in [1.165, 1.54) is 32.4 Å². The van der Waals surface area contributed by atoms with Crippen LogP contribution < -0.4 is 10.1 Å². The molecule has 0 bridgehead atoms. The number of halogens is 3. The van der Waals surface area contributed by atoms with Crippen molar-refractivity contribution in [1.82, 2.24) is 5.32 Å². The molecule has 0 radical (unpaired) electrons. The van der Waals surface area contributed by atoms with Gasteiger partial charge in [-0.25, -0.2) is 0 Å². The largest absolute Gasteiger partial charge is 0.496 e. The van der Waals surface area contributed by atoms with E-state index in [4.69, 9.17) is 21.1 Å². The summed E-state index contributed by atoms with van der Waals surface area (Å²) in [6.45, 7) is 0.241. The smallest absolute Gasteiger partial charge is 0.289 e. The van der Waals surface area contributed by atoms with Gasteiger partial charge in [-0.15, -0.1) is 0 Å². The summed E-state index contributed by atoms with van der Waals surface area (Å²) in [5.74, 6) is -2.93. The lowest BCUT2D eigenvalue weighted by Crippen LogP contribution is -2.33. The van der Waals surface area contributed by atoms with Gasteiger partial charge in [-0.05, 0) is 18.2 Å². The van der Waals surface area contributed by atoms with Gasteiger partial charge in [0.25, 0.3) is 5.92 Å². The molecule has 6 heteroatoms. The molecule has 102 valence electrons. The normalized spacial score (nSPS) is 11.6. The number of rotatable bonds is 7. The van der Waals surface area contributed by atoms with E-state index in [1.807, 2.05) is 0 Å². The van der Waals surface area contributed by atoms with E-state index >= 15 is 0 Å². The fraction of sp³-hybridized carbons (Fsp3) is 0.500. The quantitative estimate of drug-likeness (QED) is 0.779. The molecule has 0 heterocycles. The molecule has 0 fully saturated rings. The third-order valence-corrected chi connectivity index (χ3v) is 2.62. The van der Waals surface area contributed by atoms with Gasteiger partial charge in [0.05, 0.1) is 25.8 Å². The fourth-order valence-corrected chi connectivity index (χ4v) is 1.65. The number of nitrogens with one attached hydrogen (secondary N) is 1. The lowest BCUT2D eigenvalue weighted by molar-refractivity contribution is -0.00623. The van der Waals surface area contributed by atoms with Crippen molar-refractivity contribution in [3.8, 4) is 5.75 Å². The number of hydrogen-bond acceptors (Lipinski definition) is 3. The Bertz CT molecular complexity index is 388. The molecule has 1 rings (SSSR count). The van der Waals surface area contributed by atoms with Crippen LogP contribution in [0.25, 0.3) is 0 Å². The predicted molar refractivity (Wildman–Crippen MR) is 66.6 cm³/mol. The molecule has 1 N–H and O–H groups in total. The lowest BCUT2D eigenvalue weighted by atomic mass is 10.1. The SMILES string of the molecule is COCCNCC(F)(F)c1cc(Cl)ccc1OC. The van der Waals surface area contributed by atoms with E-state index in [2.05, 4.69) is 5.32 Å². The Kier molecular flexibility index (Phi) is 5.78. The third kappa shape index (κ3) is 4.08. The first-order valence-electron chi connectivity index (χ1n) is 5.42. The highest BCUT2D eigenvalue weighted by atomic mass is 35.5. The molecule has 18 heavy (non-hydrogen) atoms. The molecule has 0 aromatic heterocycles. The van der Waals surface area contributed by atoms with E-state index < -0.39 is 12.5 Å². The van der Waals surface area contributed by atoms with Crippen LogP contribution in [-0.4, -0.2) is 33.9 Å². The molecule has 0 spiro atoms. The molecule has 0 atom stereocenters. The predicted octanol–water partition coefficient (Wildman–Crippen LogP) is 2.68. The summed E-state index contributed by atoms with van der Waals surface area (Å²) >= 11 is 5.73. The first kappa shape index (κ1) is 15.1. The maximum atomic E-state index is 14.0. The van der Waals surface area contributed by atoms with E-state index in [0.717, 1.165) is 0 Å². The number of benzene rings is 1. The summed E-state index contributed by atoms with van der Waals surface area (Å²) < 4.78 is 37.6. The van der Waals surface area contributed by atoms with Crippen LogP contribution in [0.2, 0.25) is 5.02 Å². The van der Waals surface area contributed by atoms with Crippen molar-refractivity contribution in [3.05, 3.63) is 28.8 Å². The van der Waals surface area contributed by atoms with Gasteiger partial charge in [0.1, 0.15) is 5.75 Å². The van der Waals surface area contributed by atoms with Crippen molar-refractivity contribution in [3.63, 3.8) is 0 Å². The topological polar surface area (TPSA) is 30.5 Å². The Hall–Kier alpha value is -0.910. The van der Waals surface area contributed by atoms with Crippen molar-refractivity contribution in [1.29, 1.82) is 0 Å². The van der Waals surface area contributed by atoms with Gasteiger partial charge in [0, 0.05) is 18.7 Å². The zero-order valence-corrected chi connectivity index (χ0v) is 11.1. The van der Waals surface area contributed by atoms with Crippen LogP contribution in [0.5, 0.6) is 5.75 Å². The Balaban J connectivity index is 2.79. The van der Waals surface area contributed by atoms with Crippen LogP contribution in [-0.2, 0) is 10.7 Å². The second-order valence-electron chi connectivity index (χ2n) is 3.72. The summed E-state index contributed by atoms with van der Waals surface area (Å²) in [5.41, 5.74) is -0.220. The summed E-state index contributed by atoms with van der Waals surface area (Å²) in [4.78, 5) is 0. The van der Waals surface area contributed by atoms with Gasteiger partial charge >= 0.3 is 0 Å². The van der Waals surface area contributed by atoms with E-state index in [1.54, 1.807) is 0 Å². The average molecular weight is 280 g/mol. The highest BCUT2D eigenvalue weighted by Crippen LogP contribution is 2.36. The first-order valence-corrected chi connectivity index (χ1v) is 5.80. The average Bonchev–Trinajstić information content (AvgIpc) is 2.35. The lowest BCUT2D eigenvalue weighted by Gasteiger charge is -2.20. The van der Waals surface area contributed by atoms with Crippen LogP contribution in [0.1, 0.15) is 5.56 Å². The molecular formula is C12H16ClF2NO2. The number of ether oxygens (including phenoxy) is 2. The molecule has 1 aromatic carbocycles. The Labute approximate surface area is 110 Å². The maximum absolute atomic E-state index is 14.0. The van der Waals surface area contributed by atoms with Gasteiger partial charge < -0.3 is 14.8 Å². The fourth-order valence-electron chi connectivity index (χ4n) is 1.48. The van der Waals surface area contributed by atoms with Crippen LogP contribution in [0.3, 0.4) is 0 Å². The second-order valence-corrected chi connectivity index (χ2v) is 4.16. The van der Waals surface area contributed by atoms with E-state index in [0.29, 0.717) is 13.2 Å². The van der Waals surface area contributed by atoms with Crippen LogP contribution in [0, 0.1) is 0 Å². The van der Waals surface area contributed by atoms with Crippen LogP contribution >= 0.6 is 11.6 Å². The summed E-state index contributed by atoms with van der Waals surface area (Å²) in [7, 11) is 2.86. The minimum atomic E-state index is -3.05. The first-order chi connectivity index (χ1) is 8.51. The molecule has 0 amide bonds. The second kappa shape index (κ2) is 6.87. The number of alkyl halides is 2. The maximum Gasteiger partial charge on any atom is 0.289 e. The van der Waals surface area contributed by atoms with Crippen molar-refractivity contribution < 1.29 is 18.3 Å².